The smallest absolute Gasteiger partial charge is 0.0758 e. The summed E-state index contributed by atoms with van der Waals surface area (Å²) in [5.74, 6) is 0. The Morgan fingerprint density at radius 1 is 0.947 bits per heavy atom. The molecule has 0 aliphatic rings. The standard InChI is InChI=1S/C16H21IN2/c1-4-12-7-9-13(10-8-12)11-19-15(6-3)16(17)14(5-2)18-19/h7-10H,4-6,11H2,1-3H3. The molecule has 0 bridgehead atoms. The van der Waals surface area contributed by atoms with Gasteiger partial charge in [-0.1, -0.05) is 45.0 Å². The molecule has 0 fully saturated rings. The second-order valence-electron chi connectivity index (χ2n) is 4.74. The Hall–Kier alpha value is -0.840. The Morgan fingerprint density at radius 2 is 1.58 bits per heavy atom. The number of nitrogens with zero attached hydrogens (tertiary/aromatic N) is 2. The molecule has 0 saturated carbocycles. The molecule has 0 N–H and O–H groups in total. The first-order chi connectivity index (χ1) is 9.19. The summed E-state index contributed by atoms with van der Waals surface area (Å²) in [4.78, 5) is 0. The zero-order valence-corrected chi connectivity index (χ0v) is 14.1. The van der Waals surface area contributed by atoms with Gasteiger partial charge in [-0.25, -0.2) is 0 Å². The average molecular weight is 368 g/mol. The number of aryl methyl sites for hydroxylation is 2. The van der Waals surface area contributed by atoms with Crippen LogP contribution in [0.2, 0.25) is 0 Å². The number of benzene rings is 1. The van der Waals surface area contributed by atoms with E-state index in [-0.39, 0.29) is 0 Å². The average Bonchev–Trinajstić information content (AvgIpc) is 2.75. The van der Waals surface area contributed by atoms with Crippen LogP contribution in [0.3, 0.4) is 0 Å². The normalized spacial score (nSPS) is 10.9. The molecule has 3 heteroatoms. The van der Waals surface area contributed by atoms with Crippen molar-refractivity contribution in [2.24, 2.45) is 0 Å². The predicted octanol–water partition coefficient (Wildman–Crippen LogP) is 4.22. The molecule has 2 nitrogen and oxygen atoms in total. The topological polar surface area (TPSA) is 17.8 Å². The molecule has 0 amide bonds. The van der Waals surface area contributed by atoms with Crippen molar-refractivity contribution < 1.29 is 0 Å². The van der Waals surface area contributed by atoms with Crippen LogP contribution in [-0.2, 0) is 25.8 Å². The summed E-state index contributed by atoms with van der Waals surface area (Å²) in [6.07, 6.45) is 3.14. The van der Waals surface area contributed by atoms with Crippen molar-refractivity contribution >= 4 is 22.6 Å². The lowest BCUT2D eigenvalue weighted by Crippen LogP contribution is -2.06. The van der Waals surface area contributed by atoms with Crippen LogP contribution < -0.4 is 0 Å². The van der Waals surface area contributed by atoms with Gasteiger partial charge in [0.1, 0.15) is 0 Å². The minimum absolute atomic E-state index is 0.878. The molecule has 2 aromatic rings. The van der Waals surface area contributed by atoms with Gasteiger partial charge < -0.3 is 0 Å². The highest BCUT2D eigenvalue weighted by atomic mass is 127. The summed E-state index contributed by atoms with van der Waals surface area (Å²) < 4.78 is 3.51. The van der Waals surface area contributed by atoms with E-state index in [1.807, 2.05) is 0 Å². The van der Waals surface area contributed by atoms with Gasteiger partial charge in [-0.15, -0.1) is 0 Å². The fourth-order valence-corrected chi connectivity index (χ4v) is 3.43. The van der Waals surface area contributed by atoms with E-state index in [2.05, 4.69) is 72.3 Å². The molecule has 0 radical (unpaired) electrons. The highest BCUT2D eigenvalue weighted by molar-refractivity contribution is 14.1. The molecule has 0 unspecified atom stereocenters. The Kier molecular flexibility index (Phi) is 5.02. The monoisotopic (exact) mass is 368 g/mol. The fraction of sp³-hybridized carbons (Fsp3) is 0.438. The molecular formula is C16H21IN2. The van der Waals surface area contributed by atoms with Gasteiger partial charge in [0.25, 0.3) is 0 Å². The highest BCUT2D eigenvalue weighted by Gasteiger charge is 2.12. The van der Waals surface area contributed by atoms with Crippen LogP contribution >= 0.6 is 22.6 Å². The predicted molar refractivity (Wildman–Crippen MR) is 88.6 cm³/mol. The third kappa shape index (κ3) is 3.19. The van der Waals surface area contributed by atoms with Crippen molar-refractivity contribution in [3.05, 3.63) is 50.4 Å². The first kappa shape index (κ1) is 14.6. The van der Waals surface area contributed by atoms with Gasteiger partial charge in [0.05, 0.1) is 21.5 Å². The van der Waals surface area contributed by atoms with E-state index in [0.717, 1.165) is 25.8 Å². The summed E-state index contributed by atoms with van der Waals surface area (Å²) in [6.45, 7) is 7.44. The lowest BCUT2D eigenvalue weighted by Gasteiger charge is -2.07. The molecule has 0 spiro atoms. The van der Waals surface area contributed by atoms with Crippen molar-refractivity contribution in [3.8, 4) is 0 Å². The van der Waals surface area contributed by atoms with Gasteiger partial charge in [-0.05, 0) is 53.0 Å². The van der Waals surface area contributed by atoms with Crippen LogP contribution in [0.1, 0.15) is 43.3 Å². The van der Waals surface area contributed by atoms with Gasteiger partial charge in [0.2, 0.25) is 0 Å². The first-order valence-corrected chi connectivity index (χ1v) is 8.09. The van der Waals surface area contributed by atoms with Crippen molar-refractivity contribution in [2.75, 3.05) is 0 Å². The molecule has 2 rings (SSSR count). The summed E-state index contributed by atoms with van der Waals surface area (Å²) >= 11 is 2.43. The van der Waals surface area contributed by atoms with E-state index in [1.54, 1.807) is 0 Å². The van der Waals surface area contributed by atoms with E-state index in [0.29, 0.717) is 0 Å². The van der Waals surface area contributed by atoms with Crippen LogP contribution in [0.15, 0.2) is 24.3 Å². The van der Waals surface area contributed by atoms with E-state index in [1.165, 1.54) is 26.1 Å². The van der Waals surface area contributed by atoms with Gasteiger partial charge >= 0.3 is 0 Å². The highest BCUT2D eigenvalue weighted by Crippen LogP contribution is 2.19. The quantitative estimate of drug-likeness (QED) is 0.723. The van der Waals surface area contributed by atoms with Crippen LogP contribution in [-0.4, -0.2) is 9.78 Å². The van der Waals surface area contributed by atoms with Crippen LogP contribution in [0.5, 0.6) is 0 Å². The maximum Gasteiger partial charge on any atom is 0.0758 e. The Bertz CT molecular complexity index is 541. The third-order valence-corrected chi connectivity index (χ3v) is 4.74. The molecule has 19 heavy (non-hydrogen) atoms. The van der Waals surface area contributed by atoms with Crippen LogP contribution in [0.4, 0.5) is 0 Å². The molecule has 1 aromatic carbocycles. The second-order valence-corrected chi connectivity index (χ2v) is 5.82. The van der Waals surface area contributed by atoms with Crippen LogP contribution in [0, 0.1) is 3.57 Å². The van der Waals surface area contributed by atoms with Crippen molar-refractivity contribution in [1.82, 2.24) is 9.78 Å². The molecule has 1 heterocycles. The van der Waals surface area contributed by atoms with Crippen LogP contribution in [0.25, 0.3) is 0 Å². The zero-order valence-electron chi connectivity index (χ0n) is 11.9. The molecule has 102 valence electrons. The Balaban J connectivity index is 2.26. The third-order valence-electron chi connectivity index (χ3n) is 3.49. The summed E-state index contributed by atoms with van der Waals surface area (Å²) in [5, 5.41) is 4.75. The maximum atomic E-state index is 4.75. The lowest BCUT2D eigenvalue weighted by atomic mass is 10.1. The van der Waals surface area contributed by atoms with Gasteiger partial charge in [0, 0.05) is 0 Å². The second kappa shape index (κ2) is 6.55. The van der Waals surface area contributed by atoms with E-state index in [4.69, 9.17) is 5.10 Å². The minimum atomic E-state index is 0.878. The molecule has 0 saturated heterocycles. The van der Waals surface area contributed by atoms with Gasteiger partial charge in [-0.2, -0.15) is 5.10 Å². The summed E-state index contributed by atoms with van der Waals surface area (Å²) in [6, 6.07) is 8.88. The summed E-state index contributed by atoms with van der Waals surface area (Å²) in [5.41, 5.74) is 5.30. The number of aromatic nitrogens is 2. The molecule has 0 aliphatic carbocycles. The van der Waals surface area contributed by atoms with Gasteiger partial charge in [0.15, 0.2) is 0 Å². The first-order valence-electron chi connectivity index (χ1n) is 7.01. The summed E-state index contributed by atoms with van der Waals surface area (Å²) in [7, 11) is 0. The van der Waals surface area contributed by atoms with Crippen molar-refractivity contribution in [1.29, 1.82) is 0 Å². The molecule has 0 aliphatic heterocycles. The largest absolute Gasteiger partial charge is 0.264 e. The zero-order chi connectivity index (χ0) is 13.8. The van der Waals surface area contributed by atoms with E-state index < -0.39 is 0 Å². The van der Waals surface area contributed by atoms with E-state index in [9.17, 15) is 0 Å². The fourth-order valence-electron chi connectivity index (χ4n) is 2.28. The number of hydrogen-bond donors (Lipinski definition) is 0. The number of halogens is 1. The lowest BCUT2D eigenvalue weighted by molar-refractivity contribution is 0.640. The number of rotatable bonds is 5. The van der Waals surface area contributed by atoms with E-state index >= 15 is 0 Å². The Labute approximate surface area is 129 Å². The minimum Gasteiger partial charge on any atom is -0.264 e. The molecular weight excluding hydrogens is 347 g/mol. The maximum absolute atomic E-state index is 4.75. The van der Waals surface area contributed by atoms with Gasteiger partial charge in [-0.3, -0.25) is 4.68 Å². The number of hydrogen-bond acceptors (Lipinski definition) is 1. The Morgan fingerprint density at radius 3 is 2.11 bits per heavy atom. The molecule has 0 atom stereocenters. The molecule has 1 aromatic heterocycles. The van der Waals surface area contributed by atoms with Crippen molar-refractivity contribution in [2.45, 2.75) is 46.6 Å². The van der Waals surface area contributed by atoms with Crippen molar-refractivity contribution in [3.63, 3.8) is 0 Å². The SMILES string of the molecule is CCc1ccc(Cn2nc(CC)c(I)c2CC)cc1.